The second kappa shape index (κ2) is 4.42. The highest BCUT2D eigenvalue weighted by Gasteiger charge is 2.53. The fourth-order valence-electron chi connectivity index (χ4n) is 3.16. The van der Waals surface area contributed by atoms with Crippen LogP contribution in [0, 0.1) is 16.7 Å². The maximum atomic E-state index is 9.57. The third kappa shape index (κ3) is 1.82. The fourth-order valence-corrected chi connectivity index (χ4v) is 3.69. The number of hydrogen-bond acceptors (Lipinski definition) is 2. The van der Waals surface area contributed by atoms with Gasteiger partial charge in [-0.2, -0.15) is 5.26 Å². The van der Waals surface area contributed by atoms with Gasteiger partial charge in [-0.15, -0.1) is 0 Å². The van der Waals surface area contributed by atoms with Crippen molar-refractivity contribution in [2.75, 3.05) is 0 Å². The van der Waals surface area contributed by atoms with Gasteiger partial charge in [0.2, 0.25) is 0 Å². The van der Waals surface area contributed by atoms with Gasteiger partial charge < -0.3 is 4.74 Å². The molecule has 4 heteroatoms. The number of fused-ring (bicyclic) bond motifs is 2. The minimum Gasteiger partial charge on any atom is -0.373 e. The van der Waals surface area contributed by atoms with Crippen molar-refractivity contribution >= 4 is 23.2 Å². The van der Waals surface area contributed by atoms with Crippen molar-refractivity contribution in [3.63, 3.8) is 0 Å². The molecule has 2 nitrogen and oxygen atoms in total. The molecule has 18 heavy (non-hydrogen) atoms. The zero-order valence-electron chi connectivity index (χ0n) is 9.83. The van der Waals surface area contributed by atoms with Gasteiger partial charge in [-0.05, 0) is 43.4 Å². The summed E-state index contributed by atoms with van der Waals surface area (Å²) in [7, 11) is 0. The van der Waals surface area contributed by atoms with Gasteiger partial charge >= 0.3 is 0 Å². The standard InChI is InChI=1S/C14H13Cl2NO/c15-11-2-1-3-12(16)10(11)7-14(8-17)6-9-4-5-13(14)18-9/h1-3,9,13H,4-7H2. The van der Waals surface area contributed by atoms with Gasteiger partial charge in [0.15, 0.2) is 0 Å². The first-order valence-corrected chi connectivity index (χ1v) is 6.90. The molecule has 1 aromatic carbocycles. The highest BCUT2D eigenvalue weighted by molar-refractivity contribution is 6.36. The van der Waals surface area contributed by atoms with Crippen molar-refractivity contribution in [2.45, 2.75) is 37.9 Å². The summed E-state index contributed by atoms with van der Waals surface area (Å²) >= 11 is 12.4. The number of rotatable bonds is 2. The summed E-state index contributed by atoms with van der Waals surface area (Å²) in [6, 6.07) is 7.94. The second-order valence-corrected chi connectivity index (χ2v) is 5.99. The quantitative estimate of drug-likeness (QED) is 0.821. The minimum absolute atomic E-state index is 0.0415. The van der Waals surface area contributed by atoms with E-state index in [0.717, 1.165) is 24.8 Å². The summed E-state index contributed by atoms with van der Waals surface area (Å²) in [6.45, 7) is 0. The van der Waals surface area contributed by atoms with Crippen LogP contribution in [-0.4, -0.2) is 12.2 Å². The Balaban J connectivity index is 1.94. The maximum Gasteiger partial charge on any atom is 0.0900 e. The molecule has 2 heterocycles. The highest BCUT2D eigenvalue weighted by atomic mass is 35.5. The Kier molecular flexibility index (Phi) is 3.02. The third-order valence-electron chi connectivity index (χ3n) is 4.09. The molecule has 2 aliphatic heterocycles. The van der Waals surface area contributed by atoms with Crippen LogP contribution in [0.3, 0.4) is 0 Å². The van der Waals surface area contributed by atoms with Crippen LogP contribution in [0.15, 0.2) is 18.2 Å². The van der Waals surface area contributed by atoms with Crippen LogP contribution in [-0.2, 0) is 11.2 Å². The van der Waals surface area contributed by atoms with Crippen molar-refractivity contribution in [1.82, 2.24) is 0 Å². The molecule has 2 fully saturated rings. The number of nitrogens with zero attached hydrogens (tertiary/aromatic N) is 1. The van der Waals surface area contributed by atoms with Crippen molar-refractivity contribution in [3.8, 4) is 6.07 Å². The van der Waals surface area contributed by atoms with Crippen LogP contribution in [0.2, 0.25) is 10.0 Å². The molecule has 2 aliphatic rings. The first-order valence-electron chi connectivity index (χ1n) is 6.14. The average Bonchev–Trinajstić information content (AvgIpc) is 2.95. The Morgan fingerprint density at radius 3 is 2.56 bits per heavy atom. The van der Waals surface area contributed by atoms with Crippen molar-refractivity contribution < 1.29 is 4.74 Å². The molecule has 94 valence electrons. The highest BCUT2D eigenvalue weighted by Crippen LogP contribution is 2.50. The zero-order chi connectivity index (χ0) is 12.8. The predicted octanol–water partition coefficient (Wildman–Crippen LogP) is 4.00. The number of hydrogen-bond donors (Lipinski definition) is 0. The molecule has 2 saturated heterocycles. The van der Waals surface area contributed by atoms with E-state index < -0.39 is 5.41 Å². The lowest BCUT2D eigenvalue weighted by molar-refractivity contribution is 0.0788. The molecule has 0 aromatic heterocycles. The molecule has 0 radical (unpaired) electrons. The molecule has 0 aliphatic carbocycles. The van der Waals surface area contributed by atoms with Crippen LogP contribution < -0.4 is 0 Å². The molecular formula is C14H13Cl2NO. The molecule has 0 amide bonds. The Morgan fingerprint density at radius 1 is 1.33 bits per heavy atom. The van der Waals surface area contributed by atoms with E-state index in [9.17, 15) is 5.26 Å². The van der Waals surface area contributed by atoms with E-state index in [4.69, 9.17) is 27.9 Å². The summed E-state index contributed by atoms with van der Waals surface area (Å²) in [6.07, 6.45) is 3.72. The first kappa shape index (κ1) is 12.3. The predicted molar refractivity (Wildman–Crippen MR) is 70.7 cm³/mol. The van der Waals surface area contributed by atoms with E-state index in [1.54, 1.807) is 0 Å². The SMILES string of the molecule is N#CC1(Cc2c(Cl)cccc2Cl)CC2CCC1O2. The minimum atomic E-state index is -0.447. The lowest BCUT2D eigenvalue weighted by Gasteiger charge is -2.28. The summed E-state index contributed by atoms with van der Waals surface area (Å²) in [4.78, 5) is 0. The fraction of sp³-hybridized carbons (Fsp3) is 0.500. The Hall–Kier alpha value is -0.750. The first-order chi connectivity index (χ1) is 8.64. The van der Waals surface area contributed by atoms with Crippen LogP contribution in [0.5, 0.6) is 0 Å². The second-order valence-electron chi connectivity index (χ2n) is 5.17. The van der Waals surface area contributed by atoms with Crippen LogP contribution in [0.25, 0.3) is 0 Å². The molecule has 0 spiro atoms. The van der Waals surface area contributed by atoms with E-state index in [0.29, 0.717) is 16.5 Å². The summed E-state index contributed by atoms with van der Waals surface area (Å²) in [5.74, 6) is 0. The average molecular weight is 282 g/mol. The van der Waals surface area contributed by atoms with Crippen molar-refractivity contribution in [2.24, 2.45) is 5.41 Å². The lowest BCUT2D eigenvalue weighted by atomic mass is 9.71. The molecular weight excluding hydrogens is 269 g/mol. The van der Waals surface area contributed by atoms with Gasteiger partial charge in [-0.3, -0.25) is 0 Å². The van der Waals surface area contributed by atoms with E-state index in [1.165, 1.54) is 0 Å². The van der Waals surface area contributed by atoms with Gasteiger partial charge in [0, 0.05) is 10.0 Å². The van der Waals surface area contributed by atoms with E-state index in [1.807, 2.05) is 18.2 Å². The molecule has 0 N–H and O–H groups in total. The molecule has 1 aromatic rings. The summed E-state index contributed by atoms with van der Waals surface area (Å²) in [5.41, 5.74) is 0.427. The zero-order valence-corrected chi connectivity index (χ0v) is 11.3. The summed E-state index contributed by atoms with van der Waals surface area (Å²) in [5, 5.41) is 10.8. The van der Waals surface area contributed by atoms with Gasteiger partial charge in [0.25, 0.3) is 0 Å². The van der Waals surface area contributed by atoms with Crippen molar-refractivity contribution in [1.29, 1.82) is 5.26 Å². The smallest absolute Gasteiger partial charge is 0.0900 e. The maximum absolute atomic E-state index is 9.57. The monoisotopic (exact) mass is 281 g/mol. The molecule has 3 rings (SSSR count). The van der Waals surface area contributed by atoms with Crippen LogP contribution >= 0.6 is 23.2 Å². The molecule has 3 atom stereocenters. The molecule has 3 unspecified atom stereocenters. The lowest BCUT2D eigenvalue weighted by Crippen LogP contribution is -2.33. The van der Waals surface area contributed by atoms with Gasteiger partial charge in [0.05, 0.1) is 23.7 Å². The van der Waals surface area contributed by atoms with Gasteiger partial charge in [-0.25, -0.2) is 0 Å². The topological polar surface area (TPSA) is 33.0 Å². The van der Waals surface area contributed by atoms with Crippen LogP contribution in [0.4, 0.5) is 0 Å². The van der Waals surface area contributed by atoms with Gasteiger partial charge in [-0.1, -0.05) is 29.3 Å². The number of benzene rings is 1. The summed E-state index contributed by atoms with van der Waals surface area (Å²) < 4.78 is 5.82. The Labute approximate surface area is 116 Å². The molecule has 2 bridgehead atoms. The Morgan fingerprint density at radius 2 is 2.06 bits per heavy atom. The number of nitriles is 1. The van der Waals surface area contributed by atoms with E-state index >= 15 is 0 Å². The largest absolute Gasteiger partial charge is 0.373 e. The van der Waals surface area contributed by atoms with E-state index in [2.05, 4.69) is 6.07 Å². The van der Waals surface area contributed by atoms with Gasteiger partial charge in [0.1, 0.15) is 0 Å². The normalized spacial score (nSPS) is 33.6. The third-order valence-corrected chi connectivity index (χ3v) is 4.80. The van der Waals surface area contributed by atoms with E-state index in [-0.39, 0.29) is 12.2 Å². The van der Waals surface area contributed by atoms with Crippen molar-refractivity contribution in [3.05, 3.63) is 33.8 Å². The van der Waals surface area contributed by atoms with Crippen LogP contribution in [0.1, 0.15) is 24.8 Å². The number of ether oxygens (including phenoxy) is 1. The molecule has 0 saturated carbocycles. The Bertz CT molecular complexity index is 505. The number of halogens is 2.